The van der Waals surface area contributed by atoms with Gasteiger partial charge in [-0.2, -0.15) is 0 Å². The van der Waals surface area contributed by atoms with E-state index in [-0.39, 0.29) is 12.1 Å². The van der Waals surface area contributed by atoms with Gasteiger partial charge in [-0.3, -0.25) is 0 Å². The van der Waals surface area contributed by atoms with Crippen LogP contribution in [0.3, 0.4) is 0 Å². The van der Waals surface area contributed by atoms with Gasteiger partial charge in [0.2, 0.25) is 0 Å². The summed E-state index contributed by atoms with van der Waals surface area (Å²) in [5.41, 5.74) is 1.94. The van der Waals surface area contributed by atoms with Crippen molar-refractivity contribution in [1.29, 1.82) is 0 Å². The minimum atomic E-state index is -0.470. The third-order valence-electron chi connectivity index (χ3n) is 2.90. The Bertz CT molecular complexity index is 480. The molecule has 1 aromatic rings. The predicted octanol–water partition coefficient (Wildman–Crippen LogP) is 4.09. The molecule has 19 heavy (non-hydrogen) atoms. The molecule has 0 bridgehead atoms. The molecule has 0 heterocycles. The Morgan fingerprint density at radius 1 is 1.37 bits per heavy atom. The molecule has 1 atom stereocenters. The highest BCUT2D eigenvalue weighted by atomic mass is 79.9. The van der Waals surface area contributed by atoms with Crippen LogP contribution in [0.2, 0.25) is 5.02 Å². The number of benzene rings is 1. The van der Waals surface area contributed by atoms with Gasteiger partial charge in [0.1, 0.15) is 5.60 Å². The van der Waals surface area contributed by atoms with Crippen molar-refractivity contribution in [1.82, 2.24) is 5.32 Å². The third-order valence-corrected chi connectivity index (χ3v) is 4.09. The van der Waals surface area contributed by atoms with Crippen molar-refractivity contribution in [2.75, 3.05) is 0 Å². The molecule has 0 saturated carbocycles. The summed E-state index contributed by atoms with van der Waals surface area (Å²) < 4.78 is 6.15. The van der Waals surface area contributed by atoms with E-state index in [1.165, 1.54) is 11.1 Å². The zero-order valence-electron chi connectivity index (χ0n) is 11.2. The normalized spacial score (nSPS) is 18.1. The van der Waals surface area contributed by atoms with Crippen molar-refractivity contribution in [3.8, 4) is 0 Å². The van der Waals surface area contributed by atoms with Crippen molar-refractivity contribution < 1.29 is 9.53 Å². The van der Waals surface area contributed by atoms with E-state index in [1.807, 2.05) is 32.9 Å². The van der Waals surface area contributed by atoms with Gasteiger partial charge in [0.05, 0.1) is 5.02 Å². The van der Waals surface area contributed by atoms with Gasteiger partial charge >= 0.3 is 6.09 Å². The van der Waals surface area contributed by atoms with Crippen LogP contribution in [0.5, 0.6) is 0 Å². The molecular formula is C14H17BrClNO2. The van der Waals surface area contributed by atoms with Crippen LogP contribution in [-0.2, 0) is 17.6 Å². The number of amides is 1. The number of carbonyl (C=O) groups excluding carboxylic acids is 1. The molecule has 0 spiro atoms. The second-order valence-electron chi connectivity index (χ2n) is 5.79. The molecule has 1 amide bonds. The largest absolute Gasteiger partial charge is 0.444 e. The maximum absolute atomic E-state index is 11.7. The van der Waals surface area contributed by atoms with Crippen molar-refractivity contribution >= 4 is 33.6 Å². The second-order valence-corrected chi connectivity index (χ2v) is 7.05. The van der Waals surface area contributed by atoms with Crippen molar-refractivity contribution in [2.45, 2.75) is 45.3 Å². The molecule has 5 heteroatoms. The van der Waals surface area contributed by atoms with E-state index in [2.05, 4.69) is 21.2 Å². The molecule has 3 nitrogen and oxygen atoms in total. The van der Waals surface area contributed by atoms with Crippen molar-refractivity contribution in [2.24, 2.45) is 0 Å². The van der Waals surface area contributed by atoms with E-state index in [9.17, 15) is 4.79 Å². The minimum absolute atomic E-state index is 0.0789. The number of rotatable bonds is 1. The Labute approximate surface area is 126 Å². The van der Waals surface area contributed by atoms with E-state index in [0.29, 0.717) is 5.02 Å². The average molecular weight is 347 g/mol. The summed E-state index contributed by atoms with van der Waals surface area (Å²) >= 11 is 9.49. The van der Waals surface area contributed by atoms with E-state index in [1.54, 1.807) is 0 Å². The lowest BCUT2D eigenvalue weighted by atomic mass is 10.1. The quantitative estimate of drug-likeness (QED) is 0.831. The topological polar surface area (TPSA) is 38.3 Å². The number of hydrogen-bond donors (Lipinski definition) is 1. The molecule has 0 saturated heterocycles. The van der Waals surface area contributed by atoms with Crippen LogP contribution in [0.4, 0.5) is 4.79 Å². The summed E-state index contributed by atoms with van der Waals surface area (Å²) in [5, 5.41) is 3.61. The van der Waals surface area contributed by atoms with Gasteiger partial charge < -0.3 is 10.1 Å². The zero-order valence-corrected chi connectivity index (χ0v) is 13.6. The minimum Gasteiger partial charge on any atom is -0.444 e. The SMILES string of the molecule is CC(C)(C)OC(=O)NC1Cc2cc(Cl)c(Br)cc2C1. The van der Waals surface area contributed by atoms with Crippen LogP contribution in [0.25, 0.3) is 0 Å². The Morgan fingerprint density at radius 3 is 2.53 bits per heavy atom. The van der Waals surface area contributed by atoms with Gasteiger partial charge in [0, 0.05) is 10.5 Å². The summed E-state index contributed by atoms with van der Waals surface area (Å²) in [6, 6.07) is 4.06. The average Bonchev–Trinajstić information content (AvgIpc) is 2.56. The summed E-state index contributed by atoms with van der Waals surface area (Å²) in [6.45, 7) is 5.56. The molecule has 1 aromatic carbocycles. The monoisotopic (exact) mass is 345 g/mol. The first-order chi connectivity index (χ1) is 8.74. The molecule has 1 aliphatic carbocycles. The fourth-order valence-corrected chi connectivity index (χ4v) is 2.77. The van der Waals surface area contributed by atoms with Crippen LogP contribution in [0.15, 0.2) is 16.6 Å². The molecule has 0 fully saturated rings. The van der Waals surface area contributed by atoms with Crippen LogP contribution in [0, 0.1) is 0 Å². The first kappa shape index (κ1) is 14.7. The second kappa shape index (κ2) is 5.33. The van der Waals surface area contributed by atoms with Crippen LogP contribution < -0.4 is 5.32 Å². The van der Waals surface area contributed by atoms with E-state index in [0.717, 1.165) is 17.3 Å². The third kappa shape index (κ3) is 3.86. The molecule has 2 rings (SSSR count). The highest BCUT2D eigenvalue weighted by Crippen LogP contribution is 2.31. The summed E-state index contributed by atoms with van der Waals surface area (Å²) in [7, 11) is 0. The van der Waals surface area contributed by atoms with Gasteiger partial charge in [-0.05, 0) is 72.8 Å². The molecule has 0 radical (unpaired) electrons. The fraction of sp³-hybridized carbons (Fsp3) is 0.500. The van der Waals surface area contributed by atoms with Crippen molar-refractivity contribution in [3.63, 3.8) is 0 Å². The number of ether oxygens (including phenoxy) is 1. The molecule has 1 unspecified atom stereocenters. The highest BCUT2D eigenvalue weighted by Gasteiger charge is 2.26. The number of nitrogens with one attached hydrogen (secondary N) is 1. The molecule has 1 N–H and O–H groups in total. The summed E-state index contributed by atoms with van der Waals surface area (Å²) in [5.74, 6) is 0. The molecule has 1 aliphatic rings. The van der Waals surface area contributed by atoms with Gasteiger partial charge in [-0.15, -0.1) is 0 Å². The number of alkyl carbamates (subject to hydrolysis) is 1. The summed E-state index contributed by atoms with van der Waals surface area (Å²) in [6.07, 6.45) is 1.24. The van der Waals surface area contributed by atoms with E-state index < -0.39 is 5.60 Å². The number of fused-ring (bicyclic) bond motifs is 1. The van der Waals surface area contributed by atoms with Crippen LogP contribution in [0.1, 0.15) is 31.9 Å². The molecular weight excluding hydrogens is 330 g/mol. The van der Waals surface area contributed by atoms with Gasteiger partial charge in [0.25, 0.3) is 0 Å². The van der Waals surface area contributed by atoms with Crippen LogP contribution >= 0.6 is 27.5 Å². The molecule has 0 aromatic heterocycles. The zero-order chi connectivity index (χ0) is 14.2. The lowest BCUT2D eigenvalue weighted by Gasteiger charge is -2.21. The molecule has 0 aliphatic heterocycles. The van der Waals surface area contributed by atoms with Crippen LogP contribution in [-0.4, -0.2) is 17.7 Å². The predicted molar refractivity (Wildman–Crippen MR) is 79.7 cm³/mol. The Kier molecular flexibility index (Phi) is 4.11. The maximum Gasteiger partial charge on any atom is 0.407 e. The van der Waals surface area contributed by atoms with Gasteiger partial charge in [0.15, 0.2) is 0 Å². The number of hydrogen-bond acceptors (Lipinski definition) is 2. The van der Waals surface area contributed by atoms with Crippen molar-refractivity contribution in [3.05, 3.63) is 32.8 Å². The Balaban J connectivity index is 1.99. The summed E-state index contributed by atoms with van der Waals surface area (Å²) in [4.78, 5) is 11.7. The Hall–Kier alpha value is -0.740. The first-order valence-electron chi connectivity index (χ1n) is 6.21. The maximum atomic E-state index is 11.7. The van der Waals surface area contributed by atoms with E-state index >= 15 is 0 Å². The fourth-order valence-electron chi connectivity index (χ4n) is 2.19. The standard InChI is InChI=1S/C14H17BrClNO2/c1-14(2,3)19-13(18)17-10-4-8-6-11(15)12(16)7-9(8)5-10/h6-7,10H,4-5H2,1-3H3,(H,17,18). The molecule has 104 valence electrons. The number of halogens is 2. The van der Waals surface area contributed by atoms with Gasteiger partial charge in [-0.25, -0.2) is 4.79 Å². The smallest absolute Gasteiger partial charge is 0.407 e. The Morgan fingerprint density at radius 2 is 1.95 bits per heavy atom. The number of carbonyl (C=O) groups is 1. The lowest BCUT2D eigenvalue weighted by Crippen LogP contribution is -2.39. The lowest BCUT2D eigenvalue weighted by molar-refractivity contribution is 0.0506. The van der Waals surface area contributed by atoms with Gasteiger partial charge in [-0.1, -0.05) is 11.6 Å². The van der Waals surface area contributed by atoms with E-state index in [4.69, 9.17) is 16.3 Å². The first-order valence-corrected chi connectivity index (χ1v) is 7.38. The highest BCUT2D eigenvalue weighted by molar-refractivity contribution is 9.10.